The van der Waals surface area contributed by atoms with Crippen LogP contribution in [0, 0.1) is 6.85 Å². The molecule has 0 saturated heterocycles. The Kier molecular flexibility index (Phi) is 6.46. The van der Waals surface area contributed by atoms with Crippen molar-refractivity contribution in [1.82, 2.24) is 4.98 Å². The first kappa shape index (κ1) is 24.9. The van der Waals surface area contributed by atoms with Gasteiger partial charge in [0, 0.05) is 0 Å². The minimum absolute atomic E-state index is 0.169. The molecule has 0 aliphatic carbocycles. The SMILES string of the molecule is [2H]C([2H])([2H])c1cnc(-c2cccc3c2oc2c[c]([Ge]([CH3])([CH3])[CH3])ccc23)cc1-c1c(C(C)C)cc(-c2ccccc2)cc1C(C)C. The van der Waals surface area contributed by atoms with Crippen LogP contribution in [-0.2, 0) is 0 Å². The third kappa shape index (κ3) is 5.11. The second-order valence-corrected chi connectivity index (χ2v) is 23.7. The van der Waals surface area contributed by atoms with Crippen LogP contribution in [0.25, 0.3) is 55.4 Å². The van der Waals surface area contributed by atoms with Gasteiger partial charge in [-0.15, -0.1) is 0 Å². The summed E-state index contributed by atoms with van der Waals surface area (Å²) in [4.78, 5) is 4.78. The zero-order valence-electron chi connectivity index (χ0n) is 28.7. The summed E-state index contributed by atoms with van der Waals surface area (Å²) in [6, 6.07) is 29.7. The molecule has 0 N–H and O–H groups in total. The number of hydrogen-bond donors (Lipinski definition) is 0. The Hall–Kier alpha value is -3.63. The zero-order chi connectivity index (χ0) is 32.3. The third-order valence-electron chi connectivity index (χ3n) is 8.36. The van der Waals surface area contributed by atoms with Crippen LogP contribution in [0.5, 0.6) is 0 Å². The van der Waals surface area contributed by atoms with Gasteiger partial charge in [0.25, 0.3) is 0 Å². The molecule has 0 amide bonds. The molecular formula is C39H41GeNO. The molecule has 6 aromatic rings. The molecule has 0 unspecified atom stereocenters. The second-order valence-electron chi connectivity index (χ2n) is 13.1. The molecule has 4 aromatic carbocycles. The van der Waals surface area contributed by atoms with E-state index in [0.29, 0.717) is 11.3 Å². The molecule has 42 heavy (non-hydrogen) atoms. The monoisotopic (exact) mass is 616 g/mol. The summed E-state index contributed by atoms with van der Waals surface area (Å²) in [6.07, 6.45) is 1.56. The van der Waals surface area contributed by atoms with E-state index in [4.69, 9.17) is 13.5 Å². The minimum Gasteiger partial charge on any atom is -0.0587 e. The fourth-order valence-electron chi connectivity index (χ4n) is 5.98. The first-order valence-corrected chi connectivity index (χ1v) is 22.3. The van der Waals surface area contributed by atoms with Gasteiger partial charge in [-0.25, -0.2) is 0 Å². The summed E-state index contributed by atoms with van der Waals surface area (Å²) >= 11 is -2.06. The molecule has 0 aliphatic heterocycles. The molecule has 0 radical (unpaired) electrons. The van der Waals surface area contributed by atoms with Crippen molar-refractivity contribution < 1.29 is 8.53 Å². The van der Waals surface area contributed by atoms with E-state index in [1.807, 2.05) is 24.3 Å². The molecule has 2 heterocycles. The number of fused-ring (bicyclic) bond motifs is 3. The van der Waals surface area contributed by atoms with E-state index >= 15 is 0 Å². The van der Waals surface area contributed by atoms with Crippen LogP contribution in [0.15, 0.2) is 95.5 Å². The molecular weight excluding hydrogens is 571 g/mol. The summed E-state index contributed by atoms with van der Waals surface area (Å²) < 4.78 is 33.6. The third-order valence-corrected chi connectivity index (χ3v) is 12.7. The van der Waals surface area contributed by atoms with Gasteiger partial charge in [0.2, 0.25) is 0 Å². The molecule has 212 valence electrons. The molecule has 2 aromatic heterocycles. The number of pyridine rings is 1. The first-order chi connectivity index (χ1) is 21.2. The van der Waals surface area contributed by atoms with Gasteiger partial charge < -0.3 is 0 Å². The Labute approximate surface area is 257 Å². The predicted molar refractivity (Wildman–Crippen MR) is 184 cm³/mol. The Balaban J connectivity index is 1.63. The fourth-order valence-corrected chi connectivity index (χ4v) is 8.39. The number of nitrogens with zero attached hydrogens (tertiary/aromatic N) is 1. The van der Waals surface area contributed by atoms with Crippen LogP contribution < -0.4 is 4.40 Å². The molecule has 0 bridgehead atoms. The van der Waals surface area contributed by atoms with Crippen LogP contribution in [0.2, 0.25) is 17.3 Å². The molecule has 0 spiro atoms. The van der Waals surface area contributed by atoms with E-state index < -0.39 is 20.1 Å². The van der Waals surface area contributed by atoms with Gasteiger partial charge in [0.15, 0.2) is 0 Å². The average Bonchev–Trinajstić information content (AvgIpc) is 3.38. The van der Waals surface area contributed by atoms with Crippen LogP contribution >= 0.6 is 0 Å². The summed E-state index contributed by atoms with van der Waals surface area (Å²) in [5, 5.41) is 2.12. The molecule has 0 aliphatic rings. The van der Waals surface area contributed by atoms with Gasteiger partial charge in [-0.2, -0.15) is 0 Å². The smallest absolute Gasteiger partial charge is 0.0587 e. The molecule has 0 fully saturated rings. The summed E-state index contributed by atoms with van der Waals surface area (Å²) in [5.74, 6) is 7.49. The number of aryl methyl sites for hydroxylation is 1. The van der Waals surface area contributed by atoms with Gasteiger partial charge in [-0.3, -0.25) is 0 Å². The molecule has 3 heteroatoms. The van der Waals surface area contributed by atoms with E-state index in [9.17, 15) is 0 Å². The molecule has 2 nitrogen and oxygen atoms in total. The molecule has 6 rings (SSSR count). The molecule has 0 saturated carbocycles. The second kappa shape index (κ2) is 10.9. The van der Waals surface area contributed by atoms with E-state index in [1.54, 1.807) is 6.20 Å². The predicted octanol–water partition coefficient (Wildman–Crippen LogP) is 11.1. The van der Waals surface area contributed by atoms with E-state index in [0.717, 1.165) is 55.3 Å². The van der Waals surface area contributed by atoms with Crippen molar-refractivity contribution in [2.75, 3.05) is 0 Å². The van der Waals surface area contributed by atoms with Gasteiger partial charge in [0.1, 0.15) is 0 Å². The van der Waals surface area contributed by atoms with Crippen molar-refractivity contribution in [2.24, 2.45) is 0 Å². The van der Waals surface area contributed by atoms with Crippen molar-refractivity contribution in [3.63, 3.8) is 0 Å². The van der Waals surface area contributed by atoms with Crippen LogP contribution in [0.4, 0.5) is 0 Å². The van der Waals surface area contributed by atoms with Crippen LogP contribution in [-0.4, -0.2) is 18.3 Å². The van der Waals surface area contributed by atoms with Crippen LogP contribution in [0.1, 0.15) is 60.3 Å². The zero-order valence-corrected chi connectivity index (χ0v) is 27.8. The standard InChI is InChI=1S/C39H41GeNO/c1-24(2)33-19-28(27-13-10-9-11-14-27)20-34(25(3)4)38(33)35-22-36(41-23-26(35)5)32-16-12-15-31-30-18-17-29(40(6,7)8)21-37(30)42-39(31)32/h9-25H,1-8H3/i5D3. The maximum absolute atomic E-state index is 8.52. The number of hydrogen-bond acceptors (Lipinski definition) is 2. The average molecular weight is 615 g/mol. The Morgan fingerprint density at radius 3 is 2.07 bits per heavy atom. The van der Waals surface area contributed by atoms with Gasteiger partial charge in [-0.05, 0) is 11.1 Å². The number of para-hydroxylation sites is 1. The van der Waals surface area contributed by atoms with Crippen molar-refractivity contribution in [3.8, 4) is 33.5 Å². The van der Waals surface area contributed by atoms with Crippen molar-refractivity contribution >= 4 is 39.6 Å². The quantitative estimate of drug-likeness (QED) is 0.174. The summed E-state index contributed by atoms with van der Waals surface area (Å²) in [7, 11) is 0. The van der Waals surface area contributed by atoms with Crippen molar-refractivity contribution in [1.29, 1.82) is 0 Å². The fraction of sp³-hybridized carbons (Fsp3) is 0.256. The Bertz CT molecular complexity index is 2000. The first-order valence-electron chi connectivity index (χ1n) is 16.4. The van der Waals surface area contributed by atoms with E-state index in [-0.39, 0.29) is 17.4 Å². The van der Waals surface area contributed by atoms with Gasteiger partial charge >= 0.3 is 189 Å². The van der Waals surface area contributed by atoms with Crippen molar-refractivity contribution in [2.45, 2.75) is 63.7 Å². The Morgan fingerprint density at radius 2 is 1.43 bits per heavy atom. The topological polar surface area (TPSA) is 26.0 Å². The number of furan rings is 1. The van der Waals surface area contributed by atoms with Crippen LogP contribution in [0.3, 0.4) is 0 Å². The number of rotatable bonds is 6. The number of aromatic nitrogens is 1. The maximum atomic E-state index is 8.52. The van der Waals surface area contributed by atoms with E-state index in [2.05, 4.69) is 106 Å². The number of benzene rings is 4. The molecule has 0 atom stereocenters. The van der Waals surface area contributed by atoms with Gasteiger partial charge in [-0.1, -0.05) is 58.0 Å². The normalized spacial score (nSPS) is 13.6. The van der Waals surface area contributed by atoms with Gasteiger partial charge in [0.05, 0.1) is 0 Å². The van der Waals surface area contributed by atoms with Crippen molar-refractivity contribution in [3.05, 3.63) is 108 Å². The summed E-state index contributed by atoms with van der Waals surface area (Å²) in [5.41, 5.74) is 9.74. The van der Waals surface area contributed by atoms with E-state index in [1.165, 1.54) is 4.40 Å². The minimum atomic E-state index is -2.33. The summed E-state index contributed by atoms with van der Waals surface area (Å²) in [6.45, 7) is 6.39. The Morgan fingerprint density at radius 1 is 0.714 bits per heavy atom.